The first-order valence-electron chi connectivity index (χ1n) is 11.1. The van der Waals surface area contributed by atoms with Gasteiger partial charge in [-0.05, 0) is 48.5 Å². The number of piperazine rings is 1. The molecule has 1 saturated heterocycles. The third-order valence-corrected chi connectivity index (χ3v) is 5.70. The second-order valence-corrected chi connectivity index (χ2v) is 8.14. The minimum Gasteiger partial charge on any atom is -0.497 e. The molecule has 0 radical (unpaired) electrons. The molecule has 2 heterocycles. The number of hydrogen-bond acceptors (Lipinski definition) is 7. The fourth-order valence-corrected chi connectivity index (χ4v) is 3.92. The Morgan fingerprint density at radius 2 is 1.53 bits per heavy atom. The van der Waals surface area contributed by atoms with E-state index in [2.05, 4.69) is 25.8 Å². The predicted molar refractivity (Wildman–Crippen MR) is 130 cm³/mol. The summed E-state index contributed by atoms with van der Waals surface area (Å²) in [7, 11) is 1.64. The number of carbonyl (C=O) groups excluding carboxylic acids is 3. The zero-order valence-electron chi connectivity index (χ0n) is 19.2. The summed E-state index contributed by atoms with van der Waals surface area (Å²) in [4.78, 5) is 45.0. The summed E-state index contributed by atoms with van der Waals surface area (Å²) >= 11 is 0. The van der Waals surface area contributed by atoms with Crippen LogP contribution >= 0.6 is 0 Å². The fraction of sp³-hybridized carbons (Fsp3) is 0.333. The molecule has 4 rings (SSSR count). The summed E-state index contributed by atoms with van der Waals surface area (Å²) in [6.07, 6.45) is -0.00881. The number of aliphatic imine (C=N–C) groups is 1. The van der Waals surface area contributed by atoms with Gasteiger partial charge in [-0.25, -0.2) is 4.99 Å². The number of anilines is 3. The fourth-order valence-electron chi connectivity index (χ4n) is 3.92. The Morgan fingerprint density at radius 3 is 2.12 bits per heavy atom. The summed E-state index contributed by atoms with van der Waals surface area (Å²) in [6.45, 7) is 4.30. The van der Waals surface area contributed by atoms with Crippen molar-refractivity contribution in [1.82, 2.24) is 10.2 Å². The number of ether oxygens (including phenoxy) is 1. The molecule has 178 valence electrons. The molecule has 2 aromatic carbocycles. The van der Waals surface area contributed by atoms with Crippen molar-refractivity contribution in [1.29, 1.82) is 0 Å². The molecule has 10 nitrogen and oxygen atoms in total. The maximum atomic E-state index is 12.8. The molecule has 2 aromatic rings. The molecule has 2 aliphatic rings. The van der Waals surface area contributed by atoms with E-state index >= 15 is 0 Å². The lowest BCUT2D eigenvalue weighted by Gasteiger charge is -2.38. The van der Waals surface area contributed by atoms with E-state index in [4.69, 9.17) is 4.74 Å². The molecule has 1 fully saturated rings. The van der Waals surface area contributed by atoms with E-state index in [0.29, 0.717) is 30.4 Å². The smallest absolute Gasteiger partial charge is 0.249 e. The van der Waals surface area contributed by atoms with Gasteiger partial charge in [0.05, 0.1) is 13.5 Å². The third kappa shape index (κ3) is 5.64. The highest BCUT2D eigenvalue weighted by Gasteiger charge is 2.30. The summed E-state index contributed by atoms with van der Waals surface area (Å²) in [5, 5.41) is 8.28. The number of nitrogens with one attached hydrogen (secondary N) is 3. The molecule has 0 aromatic heterocycles. The van der Waals surface area contributed by atoms with Crippen molar-refractivity contribution in [2.75, 3.05) is 48.8 Å². The zero-order valence-corrected chi connectivity index (χ0v) is 19.2. The molecule has 0 bridgehead atoms. The maximum Gasteiger partial charge on any atom is 0.249 e. The number of rotatable bonds is 5. The summed E-state index contributed by atoms with van der Waals surface area (Å²) in [5.41, 5.74) is 2.31. The number of amides is 3. The van der Waals surface area contributed by atoms with E-state index in [-0.39, 0.29) is 24.1 Å². The highest BCUT2D eigenvalue weighted by atomic mass is 16.5. The molecule has 3 amide bonds. The van der Waals surface area contributed by atoms with Crippen LogP contribution in [0.15, 0.2) is 53.5 Å². The Balaban J connectivity index is 1.36. The molecule has 0 unspecified atom stereocenters. The number of methoxy groups -OCH3 is 1. The van der Waals surface area contributed by atoms with Gasteiger partial charge in [0.2, 0.25) is 23.7 Å². The van der Waals surface area contributed by atoms with Gasteiger partial charge in [0.1, 0.15) is 11.8 Å². The van der Waals surface area contributed by atoms with Crippen LogP contribution in [0.3, 0.4) is 0 Å². The van der Waals surface area contributed by atoms with E-state index in [9.17, 15) is 14.4 Å². The van der Waals surface area contributed by atoms with Crippen LogP contribution in [0, 0.1) is 0 Å². The topological polar surface area (TPSA) is 115 Å². The summed E-state index contributed by atoms with van der Waals surface area (Å²) < 4.78 is 5.22. The summed E-state index contributed by atoms with van der Waals surface area (Å²) in [5.74, 6) is 0.498. The van der Waals surface area contributed by atoms with Crippen molar-refractivity contribution >= 4 is 40.7 Å². The number of carbonyl (C=O) groups is 3. The molecule has 0 saturated carbocycles. The Hall–Kier alpha value is -4.08. The first-order chi connectivity index (χ1) is 16.4. The van der Waals surface area contributed by atoms with Gasteiger partial charge in [-0.3, -0.25) is 19.7 Å². The lowest BCUT2D eigenvalue weighted by atomic mass is 10.1. The predicted octanol–water partition coefficient (Wildman–Crippen LogP) is 1.66. The first-order valence-corrected chi connectivity index (χ1v) is 11.1. The average molecular weight is 465 g/mol. The number of benzene rings is 2. The van der Waals surface area contributed by atoms with E-state index in [0.717, 1.165) is 24.5 Å². The molecular formula is C24H28N6O4. The van der Waals surface area contributed by atoms with Gasteiger partial charge >= 0.3 is 0 Å². The zero-order chi connectivity index (χ0) is 24.1. The van der Waals surface area contributed by atoms with Gasteiger partial charge in [-0.1, -0.05) is 0 Å². The lowest BCUT2D eigenvalue weighted by Crippen LogP contribution is -2.56. The Bertz CT molecular complexity index is 1080. The number of hydrogen-bond donors (Lipinski definition) is 3. The minimum absolute atomic E-state index is 0.00881. The van der Waals surface area contributed by atoms with Crippen molar-refractivity contribution in [3.05, 3.63) is 48.5 Å². The second kappa shape index (κ2) is 10.2. The molecule has 34 heavy (non-hydrogen) atoms. The first kappa shape index (κ1) is 23.1. The molecule has 3 N–H and O–H groups in total. The Kier molecular flexibility index (Phi) is 6.95. The monoisotopic (exact) mass is 464 g/mol. The third-order valence-electron chi connectivity index (χ3n) is 5.70. The Morgan fingerprint density at radius 1 is 0.941 bits per heavy atom. The van der Waals surface area contributed by atoms with Crippen LogP contribution in [0.25, 0.3) is 0 Å². The number of guanidine groups is 1. The van der Waals surface area contributed by atoms with E-state index in [1.54, 1.807) is 31.4 Å². The molecule has 10 heteroatoms. The van der Waals surface area contributed by atoms with Crippen LogP contribution in [0.5, 0.6) is 5.75 Å². The SMILES string of the molecule is COc1ccc(N2CCN(C3=N[C@@H](C(=O)Nc4ccc(NC(C)=O)cc4)CC(=O)N3)CC2)cc1. The van der Waals surface area contributed by atoms with Crippen molar-refractivity contribution in [3.8, 4) is 5.75 Å². The van der Waals surface area contributed by atoms with Crippen molar-refractivity contribution in [2.24, 2.45) is 4.99 Å². The van der Waals surface area contributed by atoms with Crippen LogP contribution < -0.4 is 25.6 Å². The normalized spacial score (nSPS) is 18.0. The van der Waals surface area contributed by atoms with Crippen molar-refractivity contribution < 1.29 is 19.1 Å². The van der Waals surface area contributed by atoms with Crippen molar-refractivity contribution in [2.45, 2.75) is 19.4 Å². The van der Waals surface area contributed by atoms with Gasteiger partial charge in [0, 0.05) is 50.2 Å². The minimum atomic E-state index is -0.807. The summed E-state index contributed by atoms with van der Waals surface area (Å²) in [6, 6.07) is 13.9. The van der Waals surface area contributed by atoms with E-state index in [1.165, 1.54) is 6.92 Å². The van der Waals surface area contributed by atoms with Crippen LogP contribution in [0.4, 0.5) is 17.1 Å². The molecule has 1 atom stereocenters. The van der Waals surface area contributed by atoms with Crippen LogP contribution in [0.1, 0.15) is 13.3 Å². The highest BCUT2D eigenvalue weighted by molar-refractivity contribution is 6.06. The van der Waals surface area contributed by atoms with Gasteiger partial charge in [0.25, 0.3) is 0 Å². The van der Waals surface area contributed by atoms with E-state index < -0.39 is 6.04 Å². The Labute approximate surface area is 198 Å². The van der Waals surface area contributed by atoms with Crippen molar-refractivity contribution in [3.63, 3.8) is 0 Å². The van der Waals surface area contributed by atoms with Gasteiger partial charge < -0.3 is 25.2 Å². The van der Waals surface area contributed by atoms with Crippen LogP contribution in [-0.4, -0.2) is 67.9 Å². The molecular weight excluding hydrogens is 436 g/mol. The van der Waals surface area contributed by atoms with Gasteiger partial charge in [-0.2, -0.15) is 0 Å². The highest BCUT2D eigenvalue weighted by Crippen LogP contribution is 2.21. The van der Waals surface area contributed by atoms with Crippen LogP contribution in [0.2, 0.25) is 0 Å². The largest absolute Gasteiger partial charge is 0.497 e. The number of nitrogens with zero attached hydrogens (tertiary/aromatic N) is 3. The second-order valence-electron chi connectivity index (χ2n) is 8.14. The lowest BCUT2D eigenvalue weighted by molar-refractivity contribution is -0.125. The standard InChI is InChI=1S/C24H28N6O4/c1-16(31)25-17-3-5-18(6-4-17)26-23(33)21-15-22(32)28-24(27-21)30-13-11-29(12-14-30)19-7-9-20(34-2)10-8-19/h3-10,21H,11-15H2,1-2H3,(H,25,31)(H,26,33)(H,27,28,32)/t21-/m1/s1. The molecule has 0 spiro atoms. The quantitative estimate of drug-likeness (QED) is 0.620. The van der Waals surface area contributed by atoms with Gasteiger partial charge in [0.15, 0.2) is 0 Å². The van der Waals surface area contributed by atoms with E-state index in [1.807, 2.05) is 29.2 Å². The van der Waals surface area contributed by atoms with Gasteiger partial charge in [-0.15, -0.1) is 0 Å². The maximum absolute atomic E-state index is 12.8. The molecule has 0 aliphatic carbocycles. The molecule has 2 aliphatic heterocycles. The average Bonchev–Trinajstić information content (AvgIpc) is 2.85. The van der Waals surface area contributed by atoms with Crippen LogP contribution in [-0.2, 0) is 14.4 Å².